The summed E-state index contributed by atoms with van der Waals surface area (Å²) in [5.41, 5.74) is 4.14. The normalized spacial score (nSPS) is 20.5. The van der Waals surface area contributed by atoms with E-state index in [9.17, 15) is 4.79 Å². The highest BCUT2D eigenvalue weighted by Gasteiger charge is 2.24. The molecule has 0 bridgehead atoms. The minimum absolute atomic E-state index is 0.0440. The minimum Gasteiger partial charge on any atom is -0.352 e. The lowest BCUT2D eigenvalue weighted by Gasteiger charge is -2.16. The molecular formula is C19H23NO. The van der Waals surface area contributed by atoms with E-state index in [1.807, 2.05) is 30.3 Å². The van der Waals surface area contributed by atoms with E-state index in [1.54, 1.807) is 11.1 Å². The second-order valence-electron chi connectivity index (χ2n) is 6.01. The van der Waals surface area contributed by atoms with E-state index < -0.39 is 0 Å². The third kappa shape index (κ3) is 3.44. The van der Waals surface area contributed by atoms with E-state index in [4.69, 9.17) is 0 Å². The summed E-state index contributed by atoms with van der Waals surface area (Å²) in [5, 5.41) is 3.03. The van der Waals surface area contributed by atoms with Crippen LogP contribution in [0.4, 0.5) is 0 Å². The van der Waals surface area contributed by atoms with E-state index in [0.717, 1.165) is 30.9 Å². The standard InChI is InChI=1S/C19H23NO/c21-19(17-8-2-1-3-9-17)20-14-6-10-16-13-12-15-7-4-5-11-18(15)16/h1-5,8-9,16H,6-7,10-14H2,(H,20,21). The lowest BCUT2D eigenvalue weighted by molar-refractivity contribution is 0.0952. The first-order valence-electron chi connectivity index (χ1n) is 8.03. The number of carbonyl (C=O) groups excluding carboxylic acids is 1. The van der Waals surface area contributed by atoms with Crippen LogP contribution in [0.3, 0.4) is 0 Å². The van der Waals surface area contributed by atoms with Crippen LogP contribution in [-0.2, 0) is 0 Å². The monoisotopic (exact) mass is 281 g/mol. The van der Waals surface area contributed by atoms with Crippen LogP contribution in [0.15, 0.2) is 53.6 Å². The zero-order valence-corrected chi connectivity index (χ0v) is 12.5. The van der Waals surface area contributed by atoms with Gasteiger partial charge < -0.3 is 5.32 Å². The average Bonchev–Trinajstić information content (AvgIpc) is 2.95. The van der Waals surface area contributed by atoms with Gasteiger partial charge in [-0.05, 0) is 56.6 Å². The lowest BCUT2D eigenvalue weighted by Crippen LogP contribution is -2.24. The molecule has 21 heavy (non-hydrogen) atoms. The predicted octanol–water partition coefficient (Wildman–Crippen LogP) is 4.25. The zero-order chi connectivity index (χ0) is 14.5. The van der Waals surface area contributed by atoms with Crippen molar-refractivity contribution in [3.63, 3.8) is 0 Å². The van der Waals surface area contributed by atoms with E-state index >= 15 is 0 Å². The fraction of sp³-hybridized carbons (Fsp3) is 0.421. The third-order valence-corrected chi connectivity index (χ3v) is 4.66. The number of nitrogens with one attached hydrogen (secondary N) is 1. The van der Waals surface area contributed by atoms with Crippen LogP contribution >= 0.6 is 0 Å². The number of rotatable bonds is 5. The third-order valence-electron chi connectivity index (χ3n) is 4.66. The maximum Gasteiger partial charge on any atom is 0.251 e. The van der Waals surface area contributed by atoms with Gasteiger partial charge in [-0.25, -0.2) is 0 Å². The number of hydrogen-bond acceptors (Lipinski definition) is 1. The van der Waals surface area contributed by atoms with Gasteiger partial charge in [-0.3, -0.25) is 4.79 Å². The second-order valence-corrected chi connectivity index (χ2v) is 6.01. The van der Waals surface area contributed by atoms with Crippen molar-refractivity contribution in [2.24, 2.45) is 5.92 Å². The topological polar surface area (TPSA) is 29.1 Å². The Kier molecular flexibility index (Phi) is 4.54. The van der Waals surface area contributed by atoms with Crippen LogP contribution < -0.4 is 5.32 Å². The SMILES string of the molecule is O=C(NCCCC1CCC2=C1CC=CC2)c1ccccc1. The molecule has 0 aromatic heterocycles. The molecule has 1 unspecified atom stereocenters. The molecule has 3 rings (SSSR count). The molecule has 0 saturated carbocycles. The molecule has 0 spiro atoms. The summed E-state index contributed by atoms with van der Waals surface area (Å²) < 4.78 is 0. The zero-order valence-electron chi connectivity index (χ0n) is 12.5. The van der Waals surface area contributed by atoms with Gasteiger partial charge in [0.25, 0.3) is 5.91 Å². The van der Waals surface area contributed by atoms with Crippen LogP contribution in [0.5, 0.6) is 0 Å². The highest BCUT2D eigenvalue weighted by atomic mass is 16.1. The Labute approximate surface area is 126 Å². The van der Waals surface area contributed by atoms with Crippen molar-refractivity contribution < 1.29 is 4.79 Å². The summed E-state index contributed by atoms with van der Waals surface area (Å²) >= 11 is 0. The minimum atomic E-state index is 0.0440. The molecule has 0 fully saturated rings. The largest absolute Gasteiger partial charge is 0.352 e. The van der Waals surface area contributed by atoms with Gasteiger partial charge in [-0.2, -0.15) is 0 Å². The van der Waals surface area contributed by atoms with Crippen LogP contribution in [-0.4, -0.2) is 12.5 Å². The first-order valence-corrected chi connectivity index (χ1v) is 8.03. The van der Waals surface area contributed by atoms with E-state index in [2.05, 4.69) is 17.5 Å². The number of amides is 1. The Morgan fingerprint density at radius 3 is 2.81 bits per heavy atom. The van der Waals surface area contributed by atoms with E-state index in [-0.39, 0.29) is 5.91 Å². The van der Waals surface area contributed by atoms with Gasteiger partial charge in [-0.1, -0.05) is 41.5 Å². The summed E-state index contributed by atoms with van der Waals surface area (Å²) in [6, 6.07) is 9.45. The van der Waals surface area contributed by atoms with Crippen molar-refractivity contribution in [1.29, 1.82) is 0 Å². The molecule has 110 valence electrons. The van der Waals surface area contributed by atoms with Gasteiger partial charge in [0.05, 0.1) is 0 Å². The van der Waals surface area contributed by atoms with Crippen molar-refractivity contribution in [2.45, 2.75) is 38.5 Å². The average molecular weight is 281 g/mol. The number of hydrogen-bond donors (Lipinski definition) is 1. The summed E-state index contributed by atoms with van der Waals surface area (Å²) in [6.07, 6.45) is 11.9. The van der Waals surface area contributed by atoms with Gasteiger partial charge >= 0.3 is 0 Å². The van der Waals surface area contributed by atoms with Gasteiger partial charge in [-0.15, -0.1) is 0 Å². The Hall–Kier alpha value is -1.83. The summed E-state index contributed by atoms with van der Waals surface area (Å²) in [7, 11) is 0. The quantitative estimate of drug-likeness (QED) is 0.634. The van der Waals surface area contributed by atoms with Crippen molar-refractivity contribution in [2.75, 3.05) is 6.54 Å². The molecule has 1 N–H and O–H groups in total. The predicted molar refractivity (Wildman–Crippen MR) is 86.1 cm³/mol. The molecule has 1 atom stereocenters. The smallest absolute Gasteiger partial charge is 0.251 e. The maximum absolute atomic E-state index is 11.9. The molecule has 2 heteroatoms. The Balaban J connectivity index is 1.41. The summed E-state index contributed by atoms with van der Waals surface area (Å²) in [4.78, 5) is 11.9. The van der Waals surface area contributed by atoms with Crippen LogP contribution in [0.1, 0.15) is 48.9 Å². The van der Waals surface area contributed by atoms with Gasteiger partial charge in [0.15, 0.2) is 0 Å². The first-order chi connectivity index (χ1) is 10.3. The van der Waals surface area contributed by atoms with Gasteiger partial charge in [0.2, 0.25) is 0 Å². The van der Waals surface area contributed by atoms with Crippen LogP contribution in [0.2, 0.25) is 0 Å². The molecule has 2 nitrogen and oxygen atoms in total. The number of allylic oxidation sites excluding steroid dienone is 4. The molecule has 2 aliphatic rings. The number of carbonyl (C=O) groups is 1. The van der Waals surface area contributed by atoms with Crippen molar-refractivity contribution in [1.82, 2.24) is 5.32 Å². The van der Waals surface area contributed by atoms with Crippen molar-refractivity contribution >= 4 is 5.91 Å². The first kappa shape index (κ1) is 14.1. The second kappa shape index (κ2) is 6.75. The summed E-state index contributed by atoms with van der Waals surface area (Å²) in [5.74, 6) is 0.807. The molecule has 0 radical (unpaired) electrons. The molecule has 0 saturated heterocycles. The highest BCUT2D eigenvalue weighted by Crippen LogP contribution is 2.40. The Bertz CT molecular complexity index is 556. The van der Waals surface area contributed by atoms with Crippen LogP contribution in [0, 0.1) is 5.92 Å². The fourth-order valence-electron chi connectivity index (χ4n) is 3.51. The molecule has 0 aliphatic heterocycles. The molecule has 1 aromatic carbocycles. The molecule has 1 amide bonds. The van der Waals surface area contributed by atoms with E-state index in [0.29, 0.717) is 0 Å². The summed E-state index contributed by atoms with van der Waals surface area (Å²) in [6.45, 7) is 0.780. The molecular weight excluding hydrogens is 258 g/mol. The fourth-order valence-corrected chi connectivity index (χ4v) is 3.51. The highest BCUT2D eigenvalue weighted by molar-refractivity contribution is 5.94. The van der Waals surface area contributed by atoms with Crippen molar-refractivity contribution in [3.05, 3.63) is 59.2 Å². The Morgan fingerprint density at radius 1 is 1.14 bits per heavy atom. The van der Waals surface area contributed by atoms with Crippen molar-refractivity contribution in [3.8, 4) is 0 Å². The van der Waals surface area contributed by atoms with Gasteiger partial charge in [0.1, 0.15) is 0 Å². The lowest BCUT2D eigenvalue weighted by atomic mass is 9.90. The maximum atomic E-state index is 11.9. The Morgan fingerprint density at radius 2 is 1.95 bits per heavy atom. The number of benzene rings is 1. The van der Waals surface area contributed by atoms with Gasteiger partial charge in [0, 0.05) is 12.1 Å². The van der Waals surface area contributed by atoms with E-state index in [1.165, 1.54) is 25.7 Å². The van der Waals surface area contributed by atoms with Crippen LogP contribution in [0.25, 0.3) is 0 Å². The molecule has 2 aliphatic carbocycles. The molecule has 0 heterocycles. The molecule has 1 aromatic rings.